The lowest BCUT2D eigenvalue weighted by Gasteiger charge is -2.36. The van der Waals surface area contributed by atoms with Crippen LogP contribution in [0.4, 0.5) is 0 Å². The third-order valence-corrected chi connectivity index (χ3v) is 19.0. The minimum atomic E-state index is -1.61. The van der Waals surface area contributed by atoms with E-state index in [0.29, 0.717) is 40.4 Å². The molecule has 32 heavy (non-hydrogen) atoms. The summed E-state index contributed by atoms with van der Waals surface area (Å²) in [5.41, 5.74) is 0. The molecule has 6 heteroatoms. The first-order valence-corrected chi connectivity index (χ1v) is 18.8. The number of hydrogen-bond acceptors (Lipinski definition) is 4. The first-order chi connectivity index (χ1) is 14.5. The van der Waals surface area contributed by atoms with Crippen LogP contribution in [0.3, 0.4) is 0 Å². The molecule has 0 amide bonds. The fourth-order valence-corrected chi connectivity index (χ4v) is 7.39. The Morgan fingerprint density at radius 3 is 1.69 bits per heavy atom. The summed E-state index contributed by atoms with van der Waals surface area (Å²) in [5, 5.41) is 10.3. The molecule has 0 aromatic heterocycles. The zero-order valence-electron chi connectivity index (χ0n) is 22.5. The highest BCUT2D eigenvalue weighted by Gasteiger charge is 2.59. The second kappa shape index (κ2) is 8.89. The van der Waals surface area contributed by atoms with Crippen molar-refractivity contribution < 1.29 is 18.8 Å². The van der Waals surface area contributed by atoms with Crippen LogP contribution < -0.4 is 0 Å². The molecule has 0 heterocycles. The van der Waals surface area contributed by atoms with Crippen molar-refractivity contribution in [1.29, 1.82) is 0 Å². The van der Waals surface area contributed by atoms with Crippen LogP contribution in [-0.2, 0) is 13.6 Å². The number of aliphatic hydroxyl groups is 1. The van der Waals surface area contributed by atoms with E-state index in [0.717, 1.165) is 38.4 Å². The Morgan fingerprint density at radius 2 is 1.31 bits per heavy atom. The fraction of sp³-hybridized carbons (Fsp3) is 0.962. The number of hydrogen-bond donors (Lipinski definition) is 1. The Balaban J connectivity index is 0.000000181. The van der Waals surface area contributed by atoms with Crippen LogP contribution in [0, 0.1) is 35.5 Å². The van der Waals surface area contributed by atoms with Crippen molar-refractivity contribution in [1.82, 2.24) is 0 Å². The maximum absolute atomic E-state index is 11.5. The summed E-state index contributed by atoms with van der Waals surface area (Å²) in [4.78, 5) is 11.5. The van der Waals surface area contributed by atoms with Gasteiger partial charge in [0.05, 0.1) is 6.10 Å². The van der Waals surface area contributed by atoms with Crippen LogP contribution >= 0.6 is 0 Å². The van der Waals surface area contributed by atoms with Crippen LogP contribution in [0.15, 0.2) is 0 Å². The Kier molecular flexibility index (Phi) is 7.38. The van der Waals surface area contributed by atoms with E-state index in [1.807, 2.05) is 0 Å². The van der Waals surface area contributed by atoms with Gasteiger partial charge < -0.3 is 14.0 Å². The van der Waals surface area contributed by atoms with Gasteiger partial charge in [-0.1, -0.05) is 41.5 Å². The molecule has 4 rings (SSSR count). The molecular weight excluding hydrogens is 432 g/mol. The Hall–Kier alpha value is -0.0162. The van der Waals surface area contributed by atoms with E-state index >= 15 is 0 Å². The van der Waals surface area contributed by atoms with Crippen molar-refractivity contribution in [2.24, 2.45) is 35.5 Å². The molecule has 4 fully saturated rings. The molecule has 0 saturated heterocycles. The maximum atomic E-state index is 11.5. The van der Waals surface area contributed by atoms with Gasteiger partial charge in [-0.25, -0.2) is 0 Å². The molecule has 4 aliphatic rings. The second-order valence-corrected chi connectivity index (χ2v) is 23.7. The maximum Gasteiger partial charge on any atom is 0.191 e. The van der Waals surface area contributed by atoms with Gasteiger partial charge in [-0.15, -0.1) is 0 Å². The average Bonchev–Trinajstić information content (AvgIpc) is 3.44. The van der Waals surface area contributed by atoms with Gasteiger partial charge in [0.2, 0.25) is 0 Å². The minimum absolute atomic E-state index is 0.0296. The number of carbonyl (C=O) groups excluding carboxylic acids is 1. The van der Waals surface area contributed by atoms with Crippen molar-refractivity contribution in [2.75, 3.05) is 13.2 Å². The Bertz CT molecular complexity index is 691. The smallest absolute Gasteiger partial charge is 0.191 e. The van der Waals surface area contributed by atoms with E-state index in [2.05, 4.69) is 67.7 Å². The molecule has 0 aromatic rings. The quantitative estimate of drug-likeness (QED) is 0.454. The summed E-state index contributed by atoms with van der Waals surface area (Å²) >= 11 is 0. The first kappa shape index (κ1) is 26.6. The lowest BCUT2D eigenvalue weighted by atomic mass is 10.1. The Labute approximate surface area is 199 Å². The third kappa shape index (κ3) is 5.45. The highest BCUT2D eigenvalue weighted by molar-refractivity contribution is 6.74. The molecule has 0 bridgehead atoms. The van der Waals surface area contributed by atoms with Crippen LogP contribution in [0.2, 0.25) is 36.3 Å². The fourth-order valence-electron chi connectivity index (χ4n) is 5.30. The van der Waals surface area contributed by atoms with Crippen molar-refractivity contribution in [3.63, 3.8) is 0 Å². The lowest BCUT2D eigenvalue weighted by molar-refractivity contribution is -0.119. The topological polar surface area (TPSA) is 55.8 Å². The van der Waals surface area contributed by atoms with Gasteiger partial charge in [-0.05, 0) is 85.1 Å². The zero-order chi connectivity index (χ0) is 24.3. The van der Waals surface area contributed by atoms with Gasteiger partial charge in [-0.2, -0.15) is 0 Å². The molecular formula is C26H50O4Si2. The molecule has 186 valence electrons. The SMILES string of the molecule is CC(C)(C)[Si](C)(C)OC[C@H]1[C@@H]2CCC(=O)[C@@H]21.CC(C)(C)[Si](C)(C)OC[C@H]1[C@@H]2CC[C@@H](O)[C@@H]21. The summed E-state index contributed by atoms with van der Waals surface area (Å²) in [5.74, 6) is 4.13. The van der Waals surface area contributed by atoms with Gasteiger partial charge in [0.25, 0.3) is 0 Å². The van der Waals surface area contributed by atoms with Gasteiger partial charge >= 0.3 is 0 Å². The highest BCUT2D eigenvalue weighted by Crippen LogP contribution is 2.58. The van der Waals surface area contributed by atoms with E-state index in [-0.39, 0.29) is 11.1 Å². The van der Waals surface area contributed by atoms with Crippen molar-refractivity contribution in [3.8, 4) is 0 Å². The zero-order valence-corrected chi connectivity index (χ0v) is 24.5. The number of fused-ring (bicyclic) bond motifs is 2. The standard InChI is InChI=1S/C13H26O2Si.C13H24O2Si/c2*1-13(2,3)16(4,5)15-8-10-9-6-7-11(14)12(9)10/h9-12,14H,6-8H2,1-5H3;9-10,12H,6-8H2,1-5H3/t9-,10-,11+,12-;9-,10-,12-/m00/s1. The largest absolute Gasteiger partial charge is 0.417 e. The molecule has 0 spiro atoms. The molecule has 4 nitrogen and oxygen atoms in total. The average molecular weight is 483 g/mol. The van der Waals surface area contributed by atoms with E-state index in [4.69, 9.17) is 8.85 Å². The molecule has 4 aliphatic carbocycles. The van der Waals surface area contributed by atoms with E-state index in [9.17, 15) is 9.90 Å². The molecule has 7 atom stereocenters. The molecule has 1 N–H and O–H groups in total. The van der Waals surface area contributed by atoms with Crippen LogP contribution in [-0.4, -0.2) is 46.8 Å². The number of rotatable bonds is 6. The number of aliphatic hydroxyl groups excluding tert-OH is 1. The number of Topliss-reactive ketones (excluding diaryl/α,β-unsaturated/α-hetero) is 1. The summed E-state index contributed by atoms with van der Waals surface area (Å²) in [6.45, 7) is 24.5. The predicted octanol–water partition coefficient (Wildman–Crippen LogP) is 6.26. The second-order valence-electron chi connectivity index (χ2n) is 14.1. The van der Waals surface area contributed by atoms with Gasteiger partial charge in [0, 0.05) is 25.6 Å². The molecule has 0 aromatic carbocycles. The molecule has 0 unspecified atom stereocenters. The van der Waals surface area contributed by atoms with Crippen LogP contribution in [0.5, 0.6) is 0 Å². The molecule has 0 aliphatic heterocycles. The van der Waals surface area contributed by atoms with E-state index in [1.54, 1.807) is 0 Å². The van der Waals surface area contributed by atoms with Crippen LogP contribution in [0.1, 0.15) is 67.2 Å². The van der Waals surface area contributed by atoms with Gasteiger partial charge in [0.1, 0.15) is 5.78 Å². The third-order valence-electron chi connectivity index (χ3n) is 9.95. The van der Waals surface area contributed by atoms with Gasteiger partial charge in [0.15, 0.2) is 16.6 Å². The summed E-state index contributed by atoms with van der Waals surface area (Å²) in [6, 6.07) is 0. The normalized spacial score (nSPS) is 36.3. The van der Waals surface area contributed by atoms with Gasteiger partial charge in [-0.3, -0.25) is 4.79 Å². The van der Waals surface area contributed by atoms with Crippen molar-refractivity contribution in [3.05, 3.63) is 0 Å². The van der Waals surface area contributed by atoms with Crippen LogP contribution in [0.25, 0.3) is 0 Å². The summed E-state index contributed by atoms with van der Waals surface area (Å²) in [7, 11) is -3.19. The molecule has 4 saturated carbocycles. The lowest BCUT2D eigenvalue weighted by Crippen LogP contribution is -2.41. The summed E-state index contributed by atoms with van der Waals surface area (Å²) < 4.78 is 12.4. The number of ketones is 1. The van der Waals surface area contributed by atoms with E-state index in [1.165, 1.54) is 6.42 Å². The highest BCUT2D eigenvalue weighted by atomic mass is 28.4. The minimum Gasteiger partial charge on any atom is -0.417 e. The monoisotopic (exact) mass is 482 g/mol. The summed E-state index contributed by atoms with van der Waals surface area (Å²) in [6.07, 6.45) is 4.16. The van der Waals surface area contributed by atoms with Crippen molar-refractivity contribution >= 4 is 22.4 Å². The predicted molar refractivity (Wildman–Crippen MR) is 137 cm³/mol. The van der Waals surface area contributed by atoms with E-state index < -0.39 is 16.6 Å². The first-order valence-electron chi connectivity index (χ1n) is 13.0. The van der Waals surface area contributed by atoms with Crippen molar-refractivity contribution in [2.45, 2.75) is 110 Å². The molecule has 0 radical (unpaired) electrons. The number of carbonyl (C=O) groups is 1. The Morgan fingerprint density at radius 1 is 0.812 bits per heavy atom.